The summed E-state index contributed by atoms with van der Waals surface area (Å²) >= 11 is 6.75. The first-order chi connectivity index (χ1) is 16.1. The van der Waals surface area contributed by atoms with E-state index in [0.29, 0.717) is 4.53 Å². The van der Waals surface area contributed by atoms with E-state index in [1.54, 1.807) is 18.4 Å². The Morgan fingerprint density at radius 1 is 1.15 bits per heavy atom. The van der Waals surface area contributed by atoms with Gasteiger partial charge in [0.15, 0.2) is 4.80 Å². The maximum absolute atomic E-state index is 13.7. The third-order valence-corrected chi connectivity index (χ3v) is 8.81. The third-order valence-electron chi connectivity index (χ3n) is 6.18. The summed E-state index contributed by atoms with van der Waals surface area (Å²) in [6, 6.07) is 18.3. The van der Waals surface area contributed by atoms with Crippen LogP contribution in [0, 0.1) is 0 Å². The van der Waals surface area contributed by atoms with Crippen LogP contribution < -0.4 is 19.6 Å². The lowest BCUT2D eigenvalue weighted by Crippen LogP contribution is -2.38. The van der Waals surface area contributed by atoms with Crippen molar-refractivity contribution in [1.29, 1.82) is 0 Å². The molecule has 0 saturated carbocycles. The molecule has 0 spiro atoms. The molecule has 3 heterocycles. The van der Waals surface area contributed by atoms with Crippen molar-refractivity contribution >= 4 is 50.4 Å². The Hall–Kier alpha value is -2.74. The Labute approximate surface area is 207 Å². The quantitative estimate of drug-likeness (QED) is 0.364. The van der Waals surface area contributed by atoms with Gasteiger partial charge >= 0.3 is 0 Å². The molecule has 33 heavy (non-hydrogen) atoms. The number of thiazole rings is 1. The molecular formula is C26H19BrN2O2S2. The van der Waals surface area contributed by atoms with E-state index in [2.05, 4.69) is 57.7 Å². The smallest absolute Gasteiger partial charge is 0.271 e. The number of allylic oxidation sites excluding steroid dienone is 1. The highest BCUT2D eigenvalue weighted by molar-refractivity contribution is 9.10. The highest BCUT2D eigenvalue weighted by Gasteiger charge is 2.32. The van der Waals surface area contributed by atoms with Crippen molar-refractivity contribution in [2.75, 3.05) is 7.11 Å². The molecule has 6 rings (SSSR count). The minimum Gasteiger partial charge on any atom is -0.497 e. The number of nitrogens with zero attached hydrogens (tertiary/aromatic N) is 2. The topological polar surface area (TPSA) is 43.6 Å². The summed E-state index contributed by atoms with van der Waals surface area (Å²) in [7, 11) is 1.64. The van der Waals surface area contributed by atoms with E-state index in [1.165, 1.54) is 32.9 Å². The number of fused-ring (bicyclic) bond motifs is 3. The van der Waals surface area contributed by atoms with Crippen molar-refractivity contribution in [2.24, 2.45) is 4.99 Å². The van der Waals surface area contributed by atoms with Crippen molar-refractivity contribution in [1.82, 2.24) is 4.57 Å². The largest absolute Gasteiger partial charge is 0.497 e. The highest BCUT2D eigenvalue weighted by Crippen LogP contribution is 2.42. The zero-order valence-electron chi connectivity index (χ0n) is 17.7. The molecule has 0 fully saturated rings. The Morgan fingerprint density at radius 2 is 2.03 bits per heavy atom. The standard InChI is InChI=1S/C26H19BrN2O2S2/c1-31-17-9-11-20(27)16(13-17)14-22-25(30)29-24(21-7-4-12-32-21)19-10-8-15-5-2-3-6-18(15)23(19)28-26(29)33-22/h2-7,9,11-14,24H,8,10H2,1H3/b22-14+/t24-/m0/s1. The summed E-state index contributed by atoms with van der Waals surface area (Å²) in [5.74, 6) is 0.751. The highest BCUT2D eigenvalue weighted by atomic mass is 79.9. The summed E-state index contributed by atoms with van der Waals surface area (Å²) in [5.41, 5.74) is 5.68. The third kappa shape index (κ3) is 3.46. The van der Waals surface area contributed by atoms with E-state index >= 15 is 0 Å². The first kappa shape index (κ1) is 20.8. The second kappa shape index (κ2) is 8.24. The van der Waals surface area contributed by atoms with Crippen LogP contribution in [0.3, 0.4) is 0 Å². The Morgan fingerprint density at radius 3 is 2.85 bits per heavy atom. The van der Waals surface area contributed by atoms with Gasteiger partial charge in [0.1, 0.15) is 5.75 Å². The summed E-state index contributed by atoms with van der Waals surface area (Å²) < 4.78 is 8.85. The van der Waals surface area contributed by atoms with Gasteiger partial charge in [-0.15, -0.1) is 11.3 Å². The molecule has 0 unspecified atom stereocenters. The lowest BCUT2D eigenvalue weighted by Gasteiger charge is -2.30. The zero-order valence-corrected chi connectivity index (χ0v) is 21.0. The lowest BCUT2D eigenvalue weighted by atomic mass is 9.85. The van der Waals surface area contributed by atoms with Crippen LogP contribution in [0.4, 0.5) is 0 Å². The maximum Gasteiger partial charge on any atom is 0.271 e. The van der Waals surface area contributed by atoms with Gasteiger partial charge in [0.25, 0.3) is 5.56 Å². The number of aromatic nitrogens is 1. The molecule has 0 radical (unpaired) electrons. The number of hydrogen-bond donors (Lipinski definition) is 0. The van der Waals surface area contributed by atoms with Crippen molar-refractivity contribution in [2.45, 2.75) is 18.9 Å². The van der Waals surface area contributed by atoms with Crippen molar-refractivity contribution in [3.63, 3.8) is 0 Å². The predicted octanol–water partition coefficient (Wildman–Crippen LogP) is 5.15. The van der Waals surface area contributed by atoms with Gasteiger partial charge in [-0.1, -0.05) is 57.6 Å². The minimum atomic E-state index is -0.111. The second-order valence-corrected chi connectivity index (χ2v) is 10.9. The fraction of sp³-hybridized carbons (Fsp3) is 0.154. The molecule has 1 aliphatic heterocycles. The number of aryl methyl sites for hydroxylation is 1. The van der Waals surface area contributed by atoms with Gasteiger partial charge in [0, 0.05) is 14.9 Å². The molecule has 2 aromatic carbocycles. The van der Waals surface area contributed by atoms with Gasteiger partial charge < -0.3 is 4.74 Å². The van der Waals surface area contributed by atoms with Crippen LogP contribution in [-0.4, -0.2) is 11.7 Å². The summed E-state index contributed by atoms with van der Waals surface area (Å²) in [6.07, 6.45) is 3.80. The number of thiophene rings is 1. The molecule has 0 amide bonds. The fourth-order valence-corrected chi connectivity index (χ4v) is 6.82. The van der Waals surface area contributed by atoms with Crippen molar-refractivity contribution in [3.8, 4) is 5.75 Å². The summed E-state index contributed by atoms with van der Waals surface area (Å²) in [4.78, 5) is 20.7. The van der Waals surface area contributed by atoms with Crippen molar-refractivity contribution in [3.05, 3.63) is 111 Å². The first-order valence-electron chi connectivity index (χ1n) is 10.6. The van der Waals surface area contributed by atoms with Crippen LogP contribution in [0.15, 0.2) is 79.8 Å². The summed E-state index contributed by atoms with van der Waals surface area (Å²) in [6.45, 7) is 0. The SMILES string of the molecule is COc1ccc(Br)c(/C=c2/sc3n(c2=O)[C@H](c2cccs2)C2=C(N=3)c3ccccc3CC2)c1. The molecular weight excluding hydrogens is 516 g/mol. The van der Waals surface area contributed by atoms with Gasteiger partial charge in [-0.25, -0.2) is 4.99 Å². The Balaban J connectivity index is 1.61. The van der Waals surface area contributed by atoms with Gasteiger partial charge in [-0.2, -0.15) is 0 Å². The second-order valence-electron chi connectivity index (χ2n) is 8.02. The summed E-state index contributed by atoms with van der Waals surface area (Å²) in [5, 5.41) is 2.08. The van der Waals surface area contributed by atoms with Crippen LogP contribution in [0.2, 0.25) is 0 Å². The molecule has 2 aliphatic rings. The average Bonchev–Trinajstić information content (AvgIpc) is 3.48. The number of halogens is 1. The van der Waals surface area contributed by atoms with Crippen LogP contribution in [-0.2, 0) is 6.42 Å². The van der Waals surface area contributed by atoms with Crippen molar-refractivity contribution < 1.29 is 4.74 Å². The number of rotatable bonds is 3. The fourth-order valence-electron chi connectivity index (χ4n) is 4.62. The Bertz CT molecular complexity index is 1600. The molecule has 7 heteroatoms. The van der Waals surface area contributed by atoms with Crippen LogP contribution in [0.25, 0.3) is 11.8 Å². The number of hydrogen-bond acceptors (Lipinski definition) is 5. The molecule has 1 aliphatic carbocycles. The Kier molecular flexibility index (Phi) is 5.20. The average molecular weight is 535 g/mol. The lowest BCUT2D eigenvalue weighted by molar-refractivity contribution is 0.414. The molecule has 4 aromatic rings. The minimum absolute atomic E-state index is 0.00252. The first-order valence-corrected chi connectivity index (χ1v) is 13.1. The molecule has 0 N–H and O–H groups in total. The molecule has 2 aromatic heterocycles. The molecule has 4 nitrogen and oxygen atoms in total. The van der Waals surface area contributed by atoms with Gasteiger partial charge in [-0.3, -0.25) is 9.36 Å². The number of methoxy groups -OCH3 is 1. The van der Waals surface area contributed by atoms with E-state index in [4.69, 9.17) is 9.73 Å². The molecule has 0 bridgehead atoms. The zero-order chi connectivity index (χ0) is 22.5. The van der Waals surface area contributed by atoms with E-state index in [1.807, 2.05) is 28.8 Å². The van der Waals surface area contributed by atoms with E-state index in [0.717, 1.165) is 39.1 Å². The van der Waals surface area contributed by atoms with Crippen LogP contribution in [0.5, 0.6) is 5.75 Å². The van der Waals surface area contributed by atoms with E-state index < -0.39 is 0 Å². The predicted molar refractivity (Wildman–Crippen MR) is 138 cm³/mol. The van der Waals surface area contributed by atoms with E-state index in [-0.39, 0.29) is 11.6 Å². The molecule has 1 atom stereocenters. The van der Waals surface area contributed by atoms with Gasteiger partial charge in [0.05, 0.1) is 23.4 Å². The number of ether oxygens (including phenoxy) is 1. The molecule has 164 valence electrons. The van der Waals surface area contributed by atoms with Gasteiger partial charge in [0.2, 0.25) is 0 Å². The monoisotopic (exact) mass is 534 g/mol. The van der Waals surface area contributed by atoms with Gasteiger partial charge in [-0.05, 0) is 65.3 Å². The number of benzene rings is 2. The van der Waals surface area contributed by atoms with Crippen LogP contribution >= 0.6 is 38.6 Å². The van der Waals surface area contributed by atoms with E-state index in [9.17, 15) is 4.79 Å². The normalized spacial score (nSPS) is 17.3. The maximum atomic E-state index is 13.7. The van der Waals surface area contributed by atoms with Crippen LogP contribution in [0.1, 0.15) is 34.0 Å². The molecule has 0 saturated heterocycles.